The highest BCUT2D eigenvalue weighted by molar-refractivity contribution is 6.38. The fraction of sp³-hybridized carbons (Fsp3) is 0.739. The normalized spacial score (nSPS) is 26.1. The molecule has 0 radical (unpaired) electrons. The van der Waals surface area contributed by atoms with Gasteiger partial charge in [-0.3, -0.25) is 28.8 Å². The summed E-state index contributed by atoms with van der Waals surface area (Å²) < 4.78 is 5.85. The first-order valence-corrected chi connectivity index (χ1v) is 21.1. The van der Waals surface area contributed by atoms with Gasteiger partial charge in [-0.2, -0.15) is 0 Å². The molecule has 6 rings (SSSR count). The highest BCUT2D eigenvalue weighted by Gasteiger charge is 2.85. The maximum absolute atomic E-state index is 15.0. The third kappa shape index (κ3) is 7.53. The summed E-state index contributed by atoms with van der Waals surface area (Å²) in [4.78, 5) is 85.7. The zero-order valence-corrected chi connectivity index (χ0v) is 33.9. The minimum atomic E-state index is -0.905. The Labute approximate surface area is 323 Å². The van der Waals surface area contributed by atoms with Gasteiger partial charge in [-0.1, -0.05) is 104 Å². The van der Waals surface area contributed by atoms with Gasteiger partial charge in [0.05, 0.1) is 11.5 Å². The van der Waals surface area contributed by atoms with Crippen LogP contribution in [0.1, 0.15) is 156 Å². The Morgan fingerprint density at radius 3 is 2.09 bits per heavy atom. The Morgan fingerprint density at radius 2 is 1.54 bits per heavy atom. The van der Waals surface area contributed by atoms with Crippen molar-refractivity contribution in [2.24, 2.45) is 44.8 Å². The first-order valence-electron chi connectivity index (χ1n) is 21.1. The lowest BCUT2D eigenvalue weighted by Crippen LogP contribution is -2.48. The van der Waals surface area contributed by atoms with Crippen molar-refractivity contribution in [1.29, 1.82) is 0 Å². The number of Topliss-reactive ketones (excluding diaryl/α,β-unsaturated/α-hetero) is 4. The topological polar surface area (TPSA) is 115 Å². The number of esters is 1. The van der Waals surface area contributed by atoms with Gasteiger partial charge in [-0.25, -0.2) is 0 Å². The first kappa shape index (κ1) is 40.5. The average Bonchev–Trinajstić information content (AvgIpc) is 3.94. The highest BCUT2D eigenvalue weighted by atomic mass is 16.5. The first-order chi connectivity index (χ1) is 25.5. The number of nitrogens with zero attached hydrogens (tertiary/aromatic N) is 1. The van der Waals surface area contributed by atoms with E-state index in [9.17, 15) is 24.0 Å². The lowest BCUT2D eigenvalue weighted by molar-refractivity contribution is -0.162. The van der Waals surface area contributed by atoms with Crippen molar-refractivity contribution < 1.29 is 33.5 Å². The molecular weight excluding hydrogens is 679 g/mol. The monoisotopic (exact) mass is 743 g/mol. The van der Waals surface area contributed by atoms with Gasteiger partial charge in [0.15, 0.2) is 11.6 Å². The molecule has 5 fully saturated rings. The lowest BCUT2D eigenvalue weighted by atomic mass is 9.69. The summed E-state index contributed by atoms with van der Waals surface area (Å²) in [5.74, 6) is -2.63. The molecule has 1 unspecified atom stereocenters. The number of fused-ring (bicyclic) bond motifs is 1. The second-order valence-electron chi connectivity index (χ2n) is 19.7. The molecule has 4 saturated carbocycles. The lowest BCUT2D eigenvalue weighted by Gasteiger charge is -2.37. The van der Waals surface area contributed by atoms with Gasteiger partial charge in [0.1, 0.15) is 12.4 Å². The Kier molecular flexibility index (Phi) is 11.6. The molecule has 1 aliphatic heterocycles. The maximum atomic E-state index is 15.0. The molecule has 54 heavy (non-hydrogen) atoms. The Balaban J connectivity index is 1.22. The van der Waals surface area contributed by atoms with E-state index in [4.69, 9.17) is 4.74 Å². The number of benzene rings is 1. The smallest absolute Gasteiger partial charge is 0.312 e. The summed E-state index contributed by atoms with van der Waals surface area (Å²) in [6, 6.07) is 8.86. The van der Waals surface area contributed by atoms with E-state index < -0.39 is 34.5 Å². The summed E-state index contributed by atoms with van der Waals surface area (Å²) in [6.07, 6.45) is 11.1. The van der Waals surface area contributed by atoms with Gasteiger partial charge in [0.25, 0.3) is 0 Å². The zero-order valence-electron chi connectivity index (χ0n) is 33.9. The van der Waals surface area contributed by atoms with Crippen LogP contribution in [0.25, 0.3) is 0 Å². The minimum Gasteiger partial charge on any atom is -0.460 e. The molecule has 4 atom stereocenters. The zero-order chi connectivity index (χ0) is 39.1. The molecule has 8 nitrogen and oxygen atoms in total. The molecule has 296 valence electrons. The van der Waals surface area contributed by atoms with E-state index in [0.717, 1.165) is 56.9 Å². The Morgan fingerprint density at radius 1 is 0.870 bits per heavy atom. The number of likely N-dealkylation sites (tertiary alicyclic amines) is 1. The van der Waals surface area contributed by atoms with E-state index >= 15 is 4.79 Å². The highest BCUT2D eigenvalue weighted by Crippen LogP contribution is 2.88. The predicted molar refractivity (Wildman–Crippen MR) is 207 cm³/mol. The van der Waals surface area contributed by atoms with Crippen molar-refractivity contribution in [2.45, 2.75) is 163 Å². The van der Waals surface area contributed by atoms with Crippen LogP contribution in [0.5, 0.6) is 0 Å². The van der Waals surface area contributed by atoms with Crippen LogP contribution in [-0.2, 0) is 40.1 Å². The van der Waals surface area contributed by atoms with E-state index in [1.54, 1.807) is 4.90 Å². The fourth-order valence-corrected chi connectivity index (χ4v) is 11.3. The number of amides is 1. The molecule has 4 aliphatic carbocycles. The molecule has 1 aromatic rings. The van der Waals surface area contributed by atoms with Crippen molar-refractivity contribution in [1.82, 2.24) is 4.90 Å². The molecule has 8 heteroatoms. The number of ether oxygens (including phenoxy) is 1. The molecule has 2 spiro atoms. The van der Waals surface area contributed by atoms with E-state index in [1.165, 1.54) is 0 Å². The van der Waals surface area contributed by atoms with Crippen molar-refractivity contribution in [2.75, 3.05) is 6.54 Å². The average molecular weight is 744 g/mol. The van der Waals surface area contributed by atoms with Crippen LogP contribution in [0.15, 0.2) is 30.3 Å². The predicted octanol–water partition coefficient (Wildman–Crippen LogP) is 8.80. The van der Waals surface area contributed by atoms with Crippen LogP contribution in [0.2, 0.25) is 0 Å². The molecule has 1 amide bonds. The number of carbonyl (C=O) groups is 6. The van der Waals surface area contributed by atoms with Crippen molar-refractivity contribution in [3.8, 4) is 0 Å². The van der Waals surface area contributed by atoms with E-state index in [2.05, 4.69) is 13.8 Å². The summed E-state index contributed by atoms with van der Waals surface area (Å²) in [6.45, 7) is 13.1. The van der Waals surface area contributed by atoms with Crippen LogP contribution in [0.4, 0.5) is 0 Å². The SMILES string of the molecule is CCCC(CC(=O)[C@@H]1C[C@@]2(CN1C(=O)[C@@H](CC(=O)CC1(C(=O)OCc3ccccc3)CCCCC1)C(C)(C)C)C(C)(C)C21CCC1)C(=O)C(=O)CC1CC1. The fourth-order valence-electron chi connectivity index (χ4n) is 11.3. The number of hydrogen-bond acceptors (Lipinski definition) is 7. The molecule has 1 heterocycles. The van der Waals surface area contributed by atoms with Crippen LogP contribution in [0.3, 0.4) is 0 Å². The number of ketones is 4. The van der Waals surface area contributed by atoms with E-state index in [0.29, 0.717) is 44.6 Å². The van der Waals surface area contributed by atoms with Gasteiger partial charge in [-0.15, -0.1) is 0 Å². The molecule has 5 aliphatic rings. The third-order valence-corrected chi connectivity index (χ3v) is 15.1. The summed E-state index contributed by atoms with van der Waals surface area (Å²) in [5, 5.41) is 0. The largest absolute Gasteiger partial charge is 0.460 e. The maximum Gasteiger partial charge on any atom is 0.312 e. The van der Waals surface area contributed by atoms with Gasteiger partial charge >= 0.3 is 5.97 Å². The summed E-state index contributed by atoms with van der Waals surface area (Å²) >= 11 is 0. The van der Waals surface area contributed by atoms with Crippen LogP contribution in [-0.4, -0.2) is 52.5 Å². The van der Waals surface area contributed by atoms with Gasteiger partial charge in [0.2, 0.25) is 11.7 Å². The molecule has 1 aromatic carbocycles. The van der Waals surface area contributed by atoms with Crippen LogP contribution >= 0.6 is 0 Å². The molecular formula is C46H65NO7. The van der Waals surface area contributed by atoms with Gasteiger partial charge < -0.3 is 9.64 Å². The van der Waals surface area contributed by atoms with E-state index in [1.807, 2.05) is 58.0 Å². The summed E-state index contributed by atoms with van der Waals surface area (Å²) in [7, 11) is 0. The minimum absolute atomic E-state index is 0.0123. The van der Waals surface area contributed by atoms with Gasteiger partial charge in [0, 0.05) is 49.5 Å². The standard InChI is InChI=1S/C46H65NO7/c1-7-15-33(39(51)38(50)24-31-18-19-31)25-37(49)36-28-46(43(5,6)45(46)22-14-23-45)30-47(36)40(52)35(42(2,3)4)26-34(48)27-44(20-12-9-13-21-44)41(53)54-29-32-16-10-8-11-17-32/h8,10-11,16-17,31,33,35-36H,7,9,12-15,18-30H2,1-6H3/t33?,35-,36+,46-/m1/s1. The molecule has 0 aromatic heterocycles. The molecule has 0 bridgehead atoms. The number of hydrogen-bond donors (Lipinski definition) is 0. The molecule has 0 N–H and O–H groups in total. The molecule has 1 saturated heterocycles. The number of rotatable bonds is 17. The van der Waals surface area contributed by atoms with E-state index in [-0.39, 0.29) is 77.8 Å². The second kappa shape index (κ2) is 15.4. The van der Waals surface area contributed by atoms with Crippen molar-refractivity contribution >= 4 is 35.0 Å². The Hall–Kier alpha value is -3.16. The number of carbonyl (C=O) groups excluding carboxylic acids is 6. The summed E-state index contributed by atoms with van der Waals surface area (Å²) in [5.41, 5.74) is -0.739. The second-order valence-corrected chi connectivity index (χ2v) is 19.7. The Bertz CT molecular complexity index is 1610. The quantitative estimate of drug-likeness (QED) is 0.116. The third-order valence-electron chi connectivity index (χ3n) is 15.1. The van der Waals surface area contributed by atoms with Gasteiger partial charge in [-0.05, 0) is 79.1 Å². The van der Waals surface area contributed by atoms with Crippen LogP contribution < -0.4 is 0 Å². The van der Waals surface area contributed by atoms with Crippen molar-refractivity contribution in [3.05, 3.63) is 35.9 Å². The van der Waals surface area contributed by atoms with Crippen LogP contribution in [0, 0.1) is 44.8 Å². The van der Waals surface area contributed by atoms with Crippen molar-refractivity contribution in [3.63, 3.8) is 0 Å².